The minimum atomic E-state index is -0.681. The Morgan fingerprint density at radius 3 is 2.52 bits per heavy atom. The minimum Gasteiger partial charge on any atom is -0.325 e. The van der Waals surface area contributed by atoms with E-state index in [1.165, 1.54) is 37.5 Å². The van der Waals surface area contributed by atoms with Gasteiger partial charge in [-0.15, -0.1) is 0 Å². The first-order valence-corrected chi connectivity index (χ1v) is 8.89. The van der Waals surface area contributed by atoms with Gasteiger partial charge >= 0.3 is 0 Å². The van der Waals surface area contributed by atoms with Gasteiger partial charge in [0.15, 0.2) is 5.15 Å². The summed E-state index contributed by atoms with van der Waals surface area (Å²) in [5.41, 5.74) is 2.27. The summed E-state index contributed by atoms with van der Waals surface area (Å²) in [7, 11) is 0. The quantitative estimate of drug-likeness (QED) is 0.453. The number of carbonyl (C=O) groups is 1. The molecule has 0 aliphatic carbocycles. The molecule has 3 aromatic rings. The molecule has 2 heterocycles. The third-order valence-electron chi connectivity index (χ3n) is 3.41. The zero-order chi connectivity index (χ0) is 19.4. The molecule has 0 aliphatic heterocycles. The van der Waals surface area contributed by atoms with Gasteiger partial charge in [-0.25, -0.2) is 13.8 Å². The lowest BCUT2D eigenvalue weighted by Gasteiger charge is -2.11. The zero-order valence-corrected chi connectivity index (χ0v) is 15.5. The molecular formula is C18H13ClF2N4OS. The Morgan fingerprint density at radius 2 is 1.81 bits per heavy atom. The molecule has 0 aliphatic rings. The van der Waals surface area contributed by atoms with Crippen molar-refractivity contribution in [3.63, 3.8) is 0 Å². The van der Waals surface area contributed by atoms with E-state index < -0.39 is 11.6 Å². The van der Waals surface area contributed by atoms with Gasteiger partial charge in [0.1, 0.15) is 11.6 Å². The second-order valence-electron chi connectivity index (χ2n) is 5.46. The maximum Gasteiger partial charge on any atom is 0.221 e. The Labute approximate surface area is 163 Å². The van der Waals surface area contributed by atoms with Gasteiger partial charge in [-0.1, -0.05) is 17.7 Å². The zero-order valence-electron chi connectivity index (χ0n) is 14.0. The molecule has 0 unspecified atom stereocenters. The lowest BCUT2D eigenvalue weighted by molar-refractivity contribution is -0.114. The van der Waals surface area contributed by atoms with E-state index in [0.717, 1.165) is 11.9 Å². The van der Waals surface area contributed by atoms with Gasteiger partial charge in [0.05, 0.1) is 22.5 Å². The van der Waals surface area contributed by atoms with Crippen LogP contribution >= 0.6 is 23.5 Å². The van der Waals surface area contributed by atoms with Crippen molar-refractivity contribution in [2.45, 2.75) is 11.8 Å². The predicted octanol–water partition coefficient (Wildman–Crippen LogP) is 5.15. The Hall–Kier alpha value is -2.71. The topological polar surface area (TPSA) is 66.9 Å². The number of amides is 1. The molecule has 0 fully saturated rings. The maximum atomic E-state index is 13.8. The molecule has 5 nitrogen and oxygen atoms in total. The molecule has 0 saturated carbocycles. The lowest BCUT2D eigenvalue weighted by atomic mass is 10.1. The van der Waals surface area contributed by atoms with Crippen molar-refractivity contribution in [3.05, 3.63) is 65.7 Å². The monoisotopic (exact) mass is 406 g/mol. The molecule has 1 aromatic carbocycles. The van der Waals surface area contributed by atoms with Crippen LogP contribution in [-0.4, -0.2) is 15.9 Å². The molecule has 27 heavy (non-hydrogen) atoms. The van der Waals surface area contributed by atoms with Crippen molar-refractivity contribution in [2.75, 3.05) is 10.0 Å². The molecule has 0 spiro atoms. The summed E-state index contributed by atoms with van der Waals surface area (Å²) < 4.78 is 30.3. The van der Waals surface area contributed by atoms with E-state index in [1.807, 2.05) is 0 Å². The molecule has 9 heteroatoms. The van der Waals surface area contributed by atoms with Crippen molar-refractivity contribution >= 4 is 40.8 Å². The second-order valence-corrected chi connectivity index (χ2v) is 6.64. The van der Waals surface area contributed by atoms with Gasteiger partial charge in [-0.05, 0) is 36.2 Å². The van der Waals surface area contributed by atoms with Gasteiger partial charge in [-0.3, -0.25) is 9.78 Å². The normalized spacial score (nSPS) is 10.5. The Morgan fingerprint density at radius 1 is 1.11 bits per heavy atom. The molecule has 2 aromatic heterocycles. The summed E-state index contributed by atoms with van der Waals surface area (Å²) in [6.45, 7) is 1.40. The Balaban J connectivity index is 1.85. The van der Waals surface area contributed by atoms with Gasteiger partial charge in [0.2, 0.25) is 5.91 Å². The molecule has 138 valence electrons. The van der Waals surface area contributed by atoms with Crippen LogP contribution in [0.3, 0.4) is 0 Å². The fraction of sp³-hybridized carbons (Fsp3) is 0.0556. The summed E-state index contributed by atoms with van der Waals surface area (Å²) >= 11 is 6.84. The van der Waals surface area contributed by atoms with E-state index in [-0.39, 0.29) is 16.0 Å². The molecule has 0 saturated heterocycles. The average molecular weight is 407 g/mol. The molecular weight excluding hydrogens is 394 g/mol. The van der Waals surface area contributed by atoms with Gasteiger partial charge in [0.25, 0.3) is 0 Å². The standard InChI is InChI=1S/C18H13ClF2N4OS/c1-10(26)24-13-5-11(7-22-9-13)12-6-16(18(19)23-8-12)25-27-17-14(20)3-2-4-15(17)21/h2-9,25H,1H3,(H,24,26). The first kappa shape index (κ1) is 19.1. The van der Waals surface area contributed by atoms with Crippen molar-refractivity contribution in [1.29, 1.82) is 0 Å². The van der Waals surface area contributed by atoms with Crippen LogP contribution in [0, 0.1) is 11.6 Å². The van der Waals surface area contributed by atoms with Gasteiger partial charge in [-0.2, -0.15) is 0 Å². The number of hydrogen-bond acceptors (Lipinski definition) is 5. The molecule has 1 amide bonds. The predicted molar refractivity (Wildman–Crippen MR) is 103 cm³/mol. The smallest absolute Gasteiger partial charge is 0.221 e. The summed E-state index contributed by atoms with van der Waals surface area (Å²) in [5, 5.41) is 2.80. The number of benzene rings is 1. The minimum absolute atomic E-state index is 0.147. The average Bonchev–Trinajstić information content (AvgIpc) is 2.62. The van der Waals surface area contributed by atoms with Crippen LogP contribution in [0.2, 0.25) is 5.15 Å². The largest absolute Gasteiger partial charge is 0.325 e. The van der Waals surface area contributed by atoms with Crippen LogP contribution in [0.15, 0.2) is 53.8 Å². The highest BCUT2D eigenvalue weighted by molar-refractivity contribution is 8.00. The Kier molecular flexibility index (Phi) is 5.88. The number of anilines is 2. The number of carbonyl (C=O) groups excluding carboxylic acids is 1. The maximum absolute atomic E-state index is 13.8. The molecule has 0 radical (unpaired) electrons. The van der Waals surface area contributed by atoms with E-state index >= 15 is 0 Å². The fourth-order valence-corrected chi connectivity index (χ4v) is 3.14. The SMILES string of the molecule is CC(=O)Nc1cncc(-c2cnc(Cl)c(NSc3c(F)cccc3F)c2)c1. The van der Waals surface area contributed by atoms with Crippen LogP contribution in [0.25, 0.3) is 11.1 Å². The van der Waals surface area contributed by atoms with Gasteiger partial charge in [0, 0.05) is 30.4 Å². The fourth-order valence-electron chi connectivity index (χ4n) is 2.23. The molecule has 0 bridgehead atoms. The van der Waals surface area contributed by atoms with Crippen molar-refractivity contribution in [1.82, 2.24) is 9.97 Å². The number of pyridine rings is 2. The number of rotatable bonds is 5. The molecule has 0 atom stereocenters. The lowest BCUT2D eigenvalue weighted by Crippen LogP contribution is -2.05. The summed E-state index contributed by atoms with van der Waals surface area (Å²) in [5.74, 6) is -1.58. The Bertz CT molecular complexity index is 983. The van der Waals surface area contributed by atoms with Crippen LogP contribution < -0.4 is 10.0 Å². The molecule has 3 rings (SSSR count). The van der Waals surface area contributed by atoms with Crippen molar-refractivity contribution in [2.24, 2.45) is 0 Å². The highest BCUT2D eigenvalue weighted by Gasteiger charge is 2.12. The number of hydrogen-bond donors (Lipinski definition) is 2. The second kappa shape index (κ2) is 8.32. The summed E-state index contributed by atoms with van der Waals surface area (Å²) in [4.78, 5) is 19.2. The van der Waals surface area contributed by atoms with E-state index in [1.54, 1.807) is 18.3 Å². The van der Waals surface area contributed by atoms with E-state index in [2.05, 4.69) is 20.0 Å². The van der Waals surface area contributed by atoms with Crippen LogP contribution in [0.1, 0.15) is 6.92 Å². The molecule has 2 N–H and O–H groups in total. The number of nitrogens with zero attached hydrogens (tertiary/aromatic N) is 2. The summed E-state index contributed by atoms with van der Waals surface area (Å²) in [6.07, 6.45) is 4.66. The highest BCUT2D eigenvalue weighted by Crippen LogP contribution is 2.32. The van der Waals surface area contributed by atoms with Gasteiger partial charge < -0.3 is 10.0 Å². The van der Waals surface area contributed by atoms with E-state index in [9.17, 15) is 13.6 Å². The van der Waals surface area contributed by atoms with Crippen molar-refractivity contribution < 1.29 is 13.6 Å². The number of halogens is 3. The van der Waals surface area contributed by atoms with Crippen molar-refractivity contribution in [3.8, 4) is 11.1 Å². The first-order chi connectivity index (χ1) is 12.9. The summed E-state index contributed by atoms with van der Waals surface area (Å²) in [6, 6.07) is 7.03. The number of aromatic nitrogens is 2. The third-order valence-corrected chi connectivity index (χ3v) is 4.63. The van der Waals surface area contributed by atoms with Crippen LogP contribution in [0.4, 0.5) is 20.2 Å². The third kappa shape index (κ3) is 4.72. The van der Waals surface area contributed by atoms with E-state index in [4.69, 9.17) is 11.6 Å². The highest BCUT2D eigenvalue weighted by atomic mass is 35.5. The van der Waals surface area contributed by atoms with Crippen LogP contribution in [0.5, 0.6) is 0 Å². The number of nitrogens with one attached hydrogen (secondary N) is 2. The van der Waals surface area contributed by atoms with Crippen LogP contribution in [-0.2, 0) is 4.79 Å². The van der Waals surface area contributed by atoms with E-state index in [0.29, 0.717) is 22.5 Å². The first-order valence-electron chi connectivity index (χ1n) is 7.69.